The summed E-state index contributed by atoms with van der Waals surface area (Å²) in [5.74, 6) is 1.02. The molecule has 2 N–H and O–H groups in total. The minimum Gasteiger partial charge on any atom is -0.465 e. The first-order valence-corrected chi connectivity index (χ1v) is 6.63. The molecule has 0 aliphatic carbocycles. The van der Waals surface area contributed by atoms with Gasteiger partial charge in [0.1, 0.15) is 5.82 Å². The van der Waals surface area contributed by atoms with Gasteiger partial charge in [-0.3, -0.25) is 0 Å². The van der Waals surface area contributed by atoms with E-state index in [0.29, 0.717) is 23.2 Å². The van der Waals surface area contributed by atoms with Crippen LogP contribution in [-0.2, 0) is 4.74 Å². The number of methoxy groups -OCH3 is 1. The topological polar surface area (TPSA) is 68.5 Å². The molecule has 2 heterocycles. The van der Waals surface area contributed by atoms with E-state index in [0.717, 1.165) is 18.8 Å². The van der Waals surface area contributed by atoms with Crippen molar-refractivity contribution < 1.29 is 9.53 Å². The summed E-state index contributed by atoms with van der Waals surface area (Å²) >= 11 is 0. The Morgan fingerprint density at radius 3 is 2.89 bits per heavy atom. The Morgan fingerprint density at radius 2 is 2.21 bits per heavy atom. The van der Waals surface area contributed by atoms with Crippen molar-refractivity contribution in [1.29, 1.82) is 0 Å². The number of carbonyl (C=O) groups excluding carboxylic acids is 1. The molecular weight excluding hydrogens is 242 g/mol. The fourth-order valence-corrected chi connectivity index (χ4v) is 2.51. The highest BCUT2D eigenvalue weighted by Gasteiger charge is 2.25. The number of nitrogen functional groups attached to an aromatic ring is 1. The van der Waals surface area contributed by atoms with Crippen molar-refractivity contribution in [2.45, 2.75) is 32.7 Å². The molecule has 0 aromatic carbocycles. The number of nitrogens with zero attached hydrogens (tertiary/aromatic N) is 2. The SMILES string of the molecule is COC(=O)c1cc(N2CC(C)CCC2C)ncc1N. The molecule has 1 aromatic heterocycles. The molecule has 0 spiro atoms. The third-order valence-electron chi connectivity index (χ3n) is 3.74. The molecule has 104 valence electrons. The number of pyridine rings is 1. The molecule has 0 amide bonds. The molecule has 19 heavy (non-hydrogen) atoms. The summed E-state index contributed by atoms with van der Waals surface area (Å²) < 4.78 is 4.74. The van der Waals surface area contributed by atoms with Crippen molar-refractivity contribution in [3.8, 4) is 0 Å². The van der Waals surface area contributed by atoms with Gasteiger partial charge in [-0.25, -0.2) is 9.78 Å². The summed E-state index contributed by atoms with van der Waals surface area (Å²) in [7, 11) is 1.35. The van der Waals surface area contributed by atoms with Crippen LogP contribution in [0.25, 0.3) is 0 Å². The molecule has 2 atom stereocenters. The lowest BCUT2D eigenvalue weighted by molar-refractivity contribution is 0.0602. The molecule has 0 saturated carbocycles. The number of carbonyl (C=O) groups is 1. The van der Waals surface area contributed by atoms with E-state index in [1.54, 1.807) is 6.07 Å². The number of esters is 1. The number of nitrogens with two attached hydrogens (primary N) is 1. The molecule has 5 heteroatoms. The summed E-state index contributed by atoms with van der Waals surface area (Å²) in [6, 6.07) is 2.16. The van der Waals surface area contributed by atoms with Crippen molar-refractivity contribution >= 4 is 17.5 Å². The lowest BCUT2D eigenvalue weighted by Crippen LogP contribution is -2.41. The summed E-state index contributed by atoms with van der Waals surface area (Å²) in [5, 5.41) is 0. The quantitative estimate of drug-likeness (QED) is 0.827. The minimum atomic E-state index is -0.418. The maximum Gasteiger partial charge on any atom is 0.340 e. The first-order valence-electron chi connectivity index (χ1n) is 6.63. The summed E-state index contributed by atoms with van der Waals surface area (Å²) in [4.78, 5) is 18.3. The Hall–Kier alpha value is -1.78. The number of hydrogen-bond donors (Lipinski definition) is 1. The van der Waals surface area contributed by atoms with Crippen LogP contribution in [0.1, 0.15) is 37.0 Å². The van der Waals surface area contributed by atoms with Gasteiger partial charge in [-0.2, -0.15) is 0 Å². The highest BCUT2D eigenvalue weighted by Crippen LogP contribution is 2.27. The zero-order chi connectivity index (χ0) is 14.0. The predicted octanol–water partition coefficient (Wildman–Crippen LogP) is 2.08. The molecule has 5 nitrogen and oxygen atoms in total. The van der Waals surface area contributed by atoms with Crippen LogP contribution in [0.15, 0.2) is 12.3 Å². The van der Waals surface area contributed by atoms with Crippen molar-refractivity contribution in [1.82, 2.24) is 4.98 Å². The van der Waals surface area contributed by atoms with Crippen LogP contribution < -0.4 is 10.6 Å². The monoisotopic (exact) mass is 263 g/mol. The number of rotatable bonds is 2. The van der Waals surface area contributed by atoms with Crippen LogP contribution >= 0.6 is 0 Å². The van der Waals surface area contributed by atoms with Crippen LogP contribution in [0.4, 0.5) is 11.5 Å². The van der Waals surface area contributed by atoms with Gasteiger partial charge in [0, 0.05) is 12.6 Å². The number of ether oxygens (including phenoxy) is 1. The fraction of sp³-hybridized carbons (Fsp3) is 0.571. The summed E-state index contributed by atoms with van der Waals surface area (Å²) in [5.41, 5.74) is 6.52. The Labute approximate surface area is 113 Å². The molecular formula is C14H21N3O2. The number of piperidine rings is 1. The molecule has 2 rings (SSSR count). The second-order valence-corrected chi connectivity index (χ2v) is 5.31. The van der Waals surface area contributed by atoms with Crippen LogP contribution in [-0.4, -0.2) is 30.6 Å². The third-order valence-corrected chi connectivity index (χ3v) is 3.74. The van der Waals surface area contributed by atoms with E-state index >= 15 is 0 Å². The molecule has 1 aliphatic rings. The van der Waals surface area contributed by atoms with Gasteiger partial charge in [0.25, 0.3) is 0 Å². The predicted molar refractivity (Wildman–Crippen MR) is 75.2 cm³/mol. The van der Waals surface area contributed by atoms with Gasteiger partial charge in [0.2, 0.25) is 0 Å². The molecule has 2 unspecified atom stereocenters. The zero-order valence-corrected chi connectivity index (χ0v) is 11.7. The number of anilines is 2. The highest BCUT2D eigenvalue weighted by molar-refractivity contribution is 5.95. The van der Waals surface area contributed by atoms with Crippen molar-refractivity contribution in [2.24, 2.45) is 5.92 Å². The molecule has 1 aliphatic heterocycles. The lowest BCUT2D eigenvalue weighted by Gasteiger charge is -2.37. The van der Waals surface area contributed by atoms with Crippen LogP contribution in [0.5, 0.6) is 0 Å². The normalized spacial score (nSPS) is 23.2. The second-order valence-electron chi connectivity index (χ2n) is 5.31. The van der Waals surface area contributed by atoms with E-state index in [9.17, 15) is 4.79 Å². The Kier molecular flexibility index (Phi) is 3.93. The van der Waals surface area contributed by atoms with Crippen LogP contribution in [0, 0.1) is 5.92 Å². The fourth-order valence-electron chi connectivity index (χ4n) is 2.51. The smallest absolute Gasteiger partial charge is 0.340 e. The van der Waals surface area contributed by atoms with E-state index in [1.807, 2.05) is 0 Å². The molecule has 1 saturated heterocycles. The first kappa shape index (κ1) is 13.6. The first-order chi connectivity index (χ1) is 9.02. The molecule has 1 aromatic rings. The number of hydrogen-bond acceptors (Lipinski definition) is 5. The van der Waals surface area contributed by atoms with Gasteiger partial charge in [-0.15, -0.1) is 0 Å². The maximum atomic E-state index is 11.7. The Balaban J connectivity index is 2.31. The van der Waals surface area contributed by atoms with E-state index in [-0.39, 0.29) is 0 Å². The van der Waals surface area contributed by atoms with Crippen LogP contribution in [0.2, 0.25) is 0 Å². The van der Waals surface area contributed by atoms with Gasteiger partial charge >= 0.3 is 5.97 Å². The Morgan fingerprint density at radius 1 is 1.47 bits per heavy atom. The van der Waals surface area contributed by atoms with Crippen molar-refractivity contribution in [3.63, 3.8) is 0 Å². The Bertz CT molecular complexity index is 476. The van der Waals surface area contributed by atoms with E-state index in [1.165, 1.54) is 19.7 Å². The van der Waals surface area contributed by atoms with Crippen LogP contribution in [0.3, 0.4) is 0 Å². The zero-order valence-electron chi connectivity index (χ0n) is 11.7. The van der Waals surface area contributed by atoms with Crippen molar-refractivity contribution in [2.75, 3.05) is 24.3 Å². The lowest BCUT2D eigenvalue weighted by atomic mass is 9.95. The summed E-state index contributed by atoms with van der Waals surface area (Å²) in [6.45, 7) is 5.37. The molecule has 1 fully saturated rings. The average molecular weight is 263 g/mol. The maximum absolute atomic E-state index is 11.7. The largest absolute Gasteiger partial charge is 0.465 e. The summed E-state index contributed by atoms with van der Waals surface area (Å²) in [6.07, 6.45) is 3.91. The molecule has 0 radical (unpaired) electrons. The van der Waals surface area contributed by atoms with E-state index in [4.69, 9.17) is 10.5 Å². The van der Waals surface area contributed by atoms with Crippen molar-refractivity contribution in [3.05, 3.63) is 17.8 Å². The third kappa shape index (κ3) is 2.80. The van der Waals surface area contributed by atoms with Gasteiger partial charge < -0.3 is 15.4 Å². The van der Waals surface area contributed by atoms with E-state index < -0.39 is 5.97 Å². The van der Waals surface area contributed by atoms with Gasteiger partial charge in [0.15, 0.2) is 0 Å². The second kappa shape index (κ2) is 5.47. The average Bonchev–Trinajstić information content (AvgIpc) is 2.41. The highest BCUT2D eigenvalue weighted by atomic mass is 16.5. The van der Waals surface area contributed by atoms with Gasteiger partial charge in [0.05, 0.1) is 24.6 Å². The van der Waals surface area contributed by atoms with E-state index in [2.05, 4.69) is 23.7 Å². The minimum absolute atomic E-state index is 0.355. The number of aromatic nitrogens is 1. The van der Waals surface area contributed by atoms with Gasteiger partial charge in [-0.1, -0.05) is 6.92 Å². The standard InChI is InChI=1S/C14H21N3O2/c1-9-4-5-10(2)17(8-9)13-6-11(14(18)19-3)12(15)7-16-13/h6-7,9-10H,4-5,8,15H2,1-3H3. The molecule has 0 bridgehead atoms. The van der Waals surface area contributed by atoms with Gasteiger partial charge in [-0.05, 0) is 31.7 Å².